The first-order chi connectivity index (χ1) is 14.3. The van der Waals surface area contributed by atoms with Gasteiger partial charge in [-0.2, -0.15) is 0 Å². The van der Waals surface area contributed by atoms with Gasteiger partial charge >= 0.3 is 0 Å². The molecule has 0 saturated heterocycles. The highest BCUT2D eigenvalue weighted by Gasteiger charge is 2.17. The molecule has 0 spiro atoms. The zero-order chi connectivity index (χ0) is 19.6. The van der Waals surface area contributed by atoms with E-state index in [0.29, 0.717) is 5.56 Å². The number of aromatic nitrogens is 2. The Hall–Kier alpha value is -3.05. The number of amides is 1. The van der Waals surface area contributed by atoms with E-state index < -0.39 is 0 Å². The van der Waals surface area contributed by atoms with Crippen LogP contribution in [-0.4, -0.2) is 15.9 Å². The fraction of sp³-hybridized carbons (Fsp3) is 0.167. The molecule has 4 nitrogen and oxygen atoms in total. The zero-order valence-electron chi connectivity index (χ0n) is 15.9. The smallest absolute Gasteiger partial charge is 0.257 e. The maximum Gasteiger partial charge on any atom is 0.257 e. The Morgan fingerprint density at radius 1 is 1.07 bits per heavy atom. The molecule has 1 amide bonds. The van der Waals surface area contributed by atoms with Crippen molar-refractivity contribution in [3.8, 4) is 0 Å². The average molecular weight is 400 g/mol. The second kappa shape index (κ2) is 7.76. The first-order valence-electron chi connectivity index (χ1n) is 9.84. The molecule has 0 aliphatic heterocycles. The topological polar surface area (TPSA) is 57.8 Å². The summed E-state index contributed by atoms with van der Waals surface area (Å²) in [6, 6.07) is 18.3. The minimum atomic E-state index is -0.0833. The van der Waals surface area contributed by atoms with Gasteiger partial charge in [0.15, 0.2) is 0 Å². The Morgan fingerprint density at radius 2 is 2.00 bits per heavy atom. The summed E-state index contributed by atoms with van der Waals surface area (Å²) < 4.78 is 0. The number of hydrogen-bond donors (Lipinski definition) is 2. The largest absolute Gasteiger partial charge is 0.360 e. The lowest BCUT2D eigenvalue weighted by Gasteiger charge is -2.09. The normalized spacial score (nSPS) is 12.8. The molecule has 0 bridgehead atoms. The lowest BCUT2D eigenvalue weighted by atomic mass is 10.1. The van der Waals surface area contributed by atoms with E-state index in [1.807, 2.05) is 42.6 Å². The molecule has 1 aliphatic carbocycles. The van der Waals surface area contributed by atoms with Crippen molar-refractivity contribution in [2.45, 2.75) is 29.9 Å². The van der Waals surface area contributed by atoms with Crippen molar-refractivity contribution in [2.24, 2.45) is 0 Å². The van der Waals surface area contributed by atoms with Gasteiger partial charge in [0.2, 0.25) is 0 Å². The van der Waals surface area contributed by atoms with E-state index in [2.05, 4.69) is 33.5 Å². The molecule has 5 rings (SSSR count). The van der Waals surface area contributed by atoms with Gasteiger partial charge < -0.3 is 10.3 Å². The van der Waals surface area contributed by atoms with Crippen LogP contribution >= 0.6 is 11.8 Å². The van der Waals surface area contributed by atoms with Gasteiger partial charge in [0, 0.05) is 39.6 Å². The summed E-state index contributed by atoms with van der Waals surface area (Å²) in [4.78, 5) is 21.8. The van der Waals surface area contributed by atoms with Gasteiger partial charge in [0.05, 0.1) is 11.3 Å². The summed E-state index contributed by atoms with van der Waals surface area (Å²) >= 11 is 1.70. The number of hydrogen-bond acceptors (Lipinski definition) is 3. The quantitative estimate of drug-likeness (QED) is 0.430. The number of nitrogens with zero attached hydrogens (tertiary/aromatic N) is 1. The molecule has 2 aromatic carbocycles. The summed E-state index contributed by atoms with van der Waals surface area (Å²) in [5.74, 6) is 0.678. The molecule has 0 atom stereocenters. The number of rotatable bonds is 5. The summed E-state index contributed by atoms with van der Waals surface area (Å²) in [7, 11) is 0. The van der Waals surface area contributed by atoms with E-state index in [-0.39, 0.29) is 5.91 Å². The molecule has 2 aromatic heterocycles. The first-order valence-corrected chi connectivity index (χ1v) is 10.8. The lowest BCUT2D eigenvalue weighted by Crippen LogP contribution is -2.11. The Balaban J connectivity index is 1.41. The molecular formula is C24H21N3OS. The highest BCUT2D eigenvalue weighted by Crippen LogP contribution is 2.33. The van der Waals surface area contributed by atoms with Crippen LogP contribution in [0, 0.1) is 0 Å². The molecule has 4 aromatic rings. The molecule has 2 heterocycles. The van der Waals surface area contributed by atoms with E-state index in [4.69, 9.17) is 0 Å². The number of aryl methyl sites for hydroxylation is 2. The Labute approximate surface area is 173 Å². The van der Waals surface area contributed by atoms with Gasteiger partial charge in [0.25, 0.3) is 5.91 Å². The van der Waals surface area contributed by atoms with Crippen molar-refractivity contribution in [3.63, 3.8) is 0 Å². The third-order valence-corrected chi connectivity index (χ3v) is 6.46. The van der Waals surface area contributed by atoms with Crippen LogP contribution in [0.2, 0.25) is 0 Å². The number of thioether (sulfide) groups is 1. The van der Waals surface area contributed by atoms with Crippen LogP contribution in [0.25, 0.3) is 10.9 Å². The van der Waals surface area contributed by atoms with Crippen molar-refractivity contribution in [1.29, 1.82) is 0 Å². The lowest BCUT2D eigenvalue weighted by molar-refractivity contribution is 0.102. The van der Waals surface area contributed by atoms with Crippen molar-refractivity contribution in [3.05, 3.63) is 89.4 Å². The number of anilines is 1. The number of carbonyl (C=O) groups excluding carboxylic acids is 1. The van der Waals surface area contributed by atoms with E-state index in [1.165, 1.54) is 17.5 Å². The number of carbonyl (C=O) groups is 1. The second-order valence-corrected chi connectivity index (χ2v) is 8.30. The van der Waals surface area contributed by atoms with Crippen LogP contribution in [0.4, 0.5) is 5.69 Å². The predicted octanol–water partition coefficient (Wildman–Crippen LogP) is 5.60. The van der Waals surface area contributed by atoms with Gasteiger partial charge in [-0.1, -0.05) is 18.2 Å². The van der Waals surface area contributed by atoms with Crippen LogP contribution in [0.5, 0.6) is 0 Å². The zero-order valence-corrected chi connectivity index (χ0v) is 16.8. The summed E-state index contributed by atoms with van der Waals surface area (Å²) in [6.45, 7) is 0. The molecule has 29 heavy (non-hydrogen) atoms. The van der Waals surface area contributed by atoms with Crippen LogP contribution in [0.3, 0.4) is 0 Å². The monoisotopic (exact) mass is 399 g/mol. The SMILES string of the molecule is O=C(Nc1ccc2c(c1)CCC2)c1c[nH]c2cccc(SCc3ccccn3)c12. The maximum absolute atomic E-state index is 13.1. The molecule has 0 radical (unpaired) electrons. The molecule has 5 heteroatoms. The van der Waals surface area contributed by atoms with Crippen molar-refractivity contribution in [2.75, 3.05) is 5.32 Å². The highest BCUT2D eigenvalue weighted by molar-refractivity contribution is 7.98. The third-order valence-electron chi connectivity index (χ3n) is 5.37. The Morgan fingerprint density at radius 3 is 2.90 bits per heavy atom. The fourth-order valence-electron chi connectivity index (χ4n) is 3.93. The van der Waals surface area contributed by atoms with E-state index in [0.717, 1.165) is 45.8 Å². The van der Waals surface area contributed by atoms with Crippen LogP contribution in [0.1, 0.15) is 33.6 Å². The average Bonchev–Trinajstić information content (AvgIpc) is 3.40. The van der Waals surface area contributed by atoms with Gasteiger partial charge in [-0.15, -0.1) is 11.8 Å². The minimum absolute atomic E-state index is 0.0833. The molecule has 0 unspecified atom stereocenters. The van der Waals surface area contributed by atoms with Crippen molar-refractivity contribution in [1.82, 2.24) is 9.97 Å². The number of benzene rings is 2. The Bertz CT molecular complexity index is 1180. The molecule has 2 N–H and O–H groups in total. The molecule has 1 aliphatic rings. The number of H-pyrrole nitrogens is 1. The van der Waals surface area contributed by atoms with Crippen LogP contribution < -0.4 is 5.32 Å². The Kier molecular flexibility index (Phi) is 4.82. The minimum Gasteiger partial charge on any atom is -0.360 e. The van der Waals surface area contributed by atoms with Crippen LogP contribution in [-0.2, 0) is 18.6 Å². The summed E-state index contributed by atoms with van der Waals surface area (Å²) in [5, 5.41) is 4.05. The van der Waals surface area contributed by atoms with Gasteiger partial charge in [0.1, 0.15) is 0 Å². The highest BCUT2D eigenvalue weighted by atomic mass is 32.2. The maximum atomic E-state index is 13.1. The van der Waals surface area contributed by atoms with E-state index >= 15 is 0 Å². The van der Waals surface area contributed by atoms with E-state index in [1.54, 1.807) is 18.0 Å². The van der Waals surface area contributed by atoms with Gasteiger partial charge in [-0.3, -0.25) is 9.78 Å². The fourth-order valence-corrected chi connectivity index (χ4v) is 4.95. The predicted molar refractivity (Wildman–Crippen MR) is 119 cm³/mol. The summed E-state index contributed by atoms with van der Waals surface area (Å²) in [5.41, 5.74) is 6.29. The number of fused-ring (bicyclic) bond motifs is 2. The second-order valence-electron chi connectivity index (χ2n) is 7.28. The van der Waals surface area contributed by atoms with Crippen LogP contribution in [0.15, 0.2) is 71.9 Å². The number of pyridine rings is 1. The molecule has 0 fully saturated rings. The number of aromatic amines is 1. The molecule has 0 saturated carbocycles. The van der Waals surface area contributed by atoms with Gasteiger partial charge in [-0.05, 0) is 66.8 Å². The van der Waals surface area contributed by atoms with Gasteiger partial charge in [-0.25, -0.2) is 0 Å². The first kappa shape index (κ1) is 18.0. The molecular weight excluding hydrogens is 378 g/mol. The summed E-state index contributed by atoms with van der Waals surface area (Å²) in [6.07, 6.45) is 7.05. The van der Waals surface area contributed by atoms with Crippen molar-refractivity contribution < 1.29 is 4.79 Å². The standard InChI is InChI=1S/C24H21N3OS/c28-24(27-18-11-10-16-5-3-6-17(16)13-18)20-14-26-21-8-4-9-22(23(20)21)29-15-19-7-1-2-12-25-19/h1-2,4,7-14,26H,3,5-6,15H2,(H,27,28). The third kappa shape index (κ3) is 3.66. The number of nitrogens with one attached hydrogen (secondary N) is 2. The molecule has 144 valence electrons. The van der Waals surface area contributed by atoms with Crippen molar-refractivity contribution >= 4 is 34.3 Å². The van der Waals surface area contributed by atoms with E-state index in [9.17, 15) is 4.79 Å².